The molecule has 0 atom stereocenters. The monoisotopic (exact) mass is 430 g/mol. The number of carbonyl (C=O) groups is 2. The molecule has 160 valence electrons. The van der Waals surface area contributed by atoms with Crippen LogP contribution in [0.25, 0.3) is 10.9 Å². The highest BCUT2D eigenvalue weighted by Gasteiger charge is 2.18. The summed E-state index contributed by atoms with van der Waals surface area (Å²) < 4.78 is 20.0. The van der Waals surface area contributed by atoms with Crippen molar-refractivity contribution in [1.29, 1.82) is 0 Å². The maximum atomic E-state index is 13.2. The van der Waals surface area contributed by atoms with E-state index in [1.165, 1.54) is 25.4 Å². The number of hydrogen-bond donors (Lipinski definition) is 1. The molecule has 32 heavy (non-hydrogen) atoms. The molecule has 1 heterocycles. The van der Waals surface area contributed by atoms with Gasteiger partial charge >= 0.3 is 0 Å². The zero-order valence-corrected chi connectivity index (χ0v) is 17.2. The number of nitrogens with one attached hydrogen (secondary N) is 1. The molecule has 1 N–H and O–H groups in total. The van der Waals surface area contributed by atoms with Crippen LogP contribution in [-0.2, 0) is 11.3 Å². The third-order valence-corrected chi connectivity index (χ3v) is 5.01. The van der Waals surface area contributed by atoms with Crippen molar-refractivity contribution in [3.8, 4) is 5.75 Å². The average molecular weight is 430 g/mol. The topological polar surface area (TPSA) is 77.4 Å². The van der Waals surface area contributed by atoms with Gasteiger partial charge in [0.2, 0.25) is 11.3 Å². The summed E-state index contributed by atoms with van der Waals surface area (Å²) in [5.74, 6) is -0.759. The fourth-order valence-electron chi connectivity index (χ4n) is 3.45. The molecule has 0 spiro atoms. The standard InChI is InChI=1S/C25H19FN2O4/c1-32-19-6-4-5-18(13-19)27-23(29)15-28-14-21(24(30)16-9-11-17(26)12-10-16)25(31)20-7-2-3-8-22(20)28/h2-14H,15H2,1H3,(H,27,29). The van der Waals surface area contributed by atoms with Crippen LogP contribution in [0.2, 0.25) is 0 Å². The molecule has 0 aliphatic rings. The summed E-state index contributed by atoms with van der Waals surface area (Å²) in [6.45, 7) is -0.123. The number of hydrogen-bond acceptors (Lipinski definition) is 4. The molecule has 0 aliphatic carbocycles. The van der Waals surface area contributed by atoms with Crippen LogP contribution in [0.3, 0.4) is 0 Å². The number of para-hydroxylation sites is 1. The van der Waals surface area contributed by atoms with Gasteiger partial charge in [-0.3, -0.25) is 14.4 Å². The lowest BCUT2D eigenvalue weighted by Crippen LogP contribution is -2.24. The van der Waals surface area contributed by atoms with E-state index >= 15 is 0 Å². The van der Waals surface area contributed by atoms with Gasteiger partial charge in [-0.1, -0.05) is 18.2 Å². The number of halogens is 1. The van der Waals surface area contributed by atoms with E-state index in [9.17, 15) is 18.8 Å². The molecule has 0 saturated carbocycles. The average Bonchev–Trinajstić information content (AvgIpc) is 2.81. The third-order valence-electron chi connectivity index (χ3n) is 5.01. The Morgan fingerprint density at radius 1 is 1.00 bits per heavy atom. The predicted molar refractivity (Wildman–Crippen MR) is 120 cm³/mol. The molecule has 6 nitrogen and oxygen atoms in total. The van der Waals surface area contributed by atoms with Crippen LogP contribution in [0.4, 0.5) is 10.1 Å². The lowest BCUT2D eigenvalue weighted by molar-refractivity contribution is -0.116. The van der Waals surface area contributed by atoms with E-state index in [2.05, 4.69) is 5.32 Å². The molecule has 7 heteroatoms. The van der Waals surface area contributed by atoms with E-state index in [0.717, 1.165) is 12.1 Å². The lowest BCUT2D eigenvalue weighted by atomic mass is 10.0. The smallest absolute Gasteiger partial charge is 0.244 e. The molecule has 0 unspecified atom stereocenters. The van der Waals surface area contributed by atoms with Crippen molar-refractivity contribution in [2.45, 2.75) is 6.54 Å². The highest BCUT2D eigenvalue weighted by molar-refractivity contribution is 6.10. The second-order valence-corrected chi connectivity index (χ2v) is 7.13. The first-order valence-electron chi connectivity index (χ1n) is 9.82. The summed E-state index contributed by atoms with van der Waals surface area (Å²) in [4.78, 5) is 38.7. The molecule has 4 aromatic rings. The van der Waals surface area contributed by atoms with Crippen molar-refractivity contribution < 1.29 is 18.7 Å². The van der Waals surface area contributed by atoms with Gasteiger partial charge < -0.3 is 14.6 Å². The van der Waals surface area contributed by atoms with E-state index in [-0.39, 0.29) is 23.6 Å². The van der Waals surface area contributed by atoms with Gasteiger partial charge in [-0.05, 0) is 48.5 Å². The Balaban J connectivity index is 1.71. The molecule has 0 aliphatic heterocycles. The molecule has 3 aromatic carbocycles. The van der Waals surface area contributed by atoms with Gasteiger partial charge in [0.1, 0.15) is 18.1 Å². The van der Waals surface area contributed by atoms with Crippen LogP contribution in [0, 0.1) is 5.82 Å². The molecule has 0 radical (unpaired) electrons. The molecular formula is C25H19FN2O4. The second kappa shape index (κ2) is 8.85. The fraction of sp³-hybridized carbons (Fsp3) is 0.0800. The van der Waals surface area contributed by atoms with Crippen molar-refractivity contribution in [2.24, 2.45) is 0 Å². The van der Waals surface area contributed by atoms with Crippen molar-refractivity contribution in [1.82, 2.24) is 4.57 Å². The number of nitrogens with zero attached hydrogens (tertiary/aromatic N) is 1. The SMILES string of the molecule is COc1cccc(NC(=O)Cn2cc(C(=O)c3ccc(F)cc3)c(=O)c3ccccc32)c1. The molecule has 0 saturated heterocycles. The second-order valence-electron chi connectivity index (χ2n) is 7.13. The number of ketones is 1. The van der Waals surface area contributed by atoms with Crippen molar-refractivity contribution >= 4 is 28.3 Å². The normalized spacial score (nSPS) is 10.7. The van der Waals surface area contributed by atoms with E-state index in [0.29, 0.717) is 22.3 Å². The number of aromatic nitrogens is 1. The van der Waals surface area contributed by atoms with Gasteiger partial charge in [-0.25, -0.2) is 4.39 Å². The predicted octanol–water partition coefficient (Wildman–Crippen LogP) is 4.02. The Kier molecular flexibility index (Phi) is 5.81. The van der Waals surface area contributed by atoms with E-state index in [4.69, 9.17) is 4.74 Å². The van der Waals surface area contributed by atoms with Crippen molar-refractivity contribution in [2.75, 3.05) is 12.4 Å². The van der Waals surface area contributed by atoms with Gasteiger partial charge in [-0.15, -0.1) is 0 Å². The molecule has 4 rings (SSSR count). The lowest BCUT2D eigenvalue weighted by Gasteiger charge is -2.14. The highest BCUT2D eigenvalue weighted by Crippen LogP contribution is 2.18. The molecule has 1 amide bonds. The van der Waals surface area contributed by atoms with Crippen LogP contribution in [-0.4, -0.2) is 23.4 Å². The number of pyridine rings is 1. The first-order chi connectivity index (χ1) is 15.5. The summed E-state index contributed by atoms with van der Waals surface area (Å²) in [7, 11) is 1.53. The minimum absolute atomic E-state index is 0.0931. The Hall–Kier alpha value is -4.26. The number of benzene rings is 3. The number of anilines is 1. The first kappa shape index (κ1) is 21.0. The number of fused-ring (bicyclic) bond motifs is 1. The Labute approximate surface area is 182 Å². The van der Waals surface area contributed by atoms with Gasteiger partial charge in [0, 0.05) is 28.9 Å². The summed E-state index contributed by atoms with van der Waals surface area (Å²) in [6, 6.07) is 18.7. The van der Waals surface area contributed by atoms with Crippen molar-refractivity contribution in [3.63, 3.8) is 0 Å². The van der Waals surface area contributed by atoms with Gasteiger partial charge in [0.15, 0.2) is 5.78 Å². The summed E-state index contributed by atoms with van der Waals surface area (Å²) in [5.41, 5.74) is 0.728. The van der Waals surface area contributed by atoms with Gasteiger partial charge in [0.25, 0.3) is 0 Å². The Morgan fingerprint density at radius 3 is 2.50 bits per heavy atom. The van der Waals surface area contributed by atoms with Gasteiger partial charge in [0.05, 0.1) is 18.2 Å². The number of ether oxygens (including phenoxy) is 1. The van der Waals surface area contributed by atoms with Crippen molar-refractivity contribution in [3.05, 3.63) is 106 Å². The number of amides is 1. The van der Waals surface area contributed by atoms with E-state index in [1.54, 1.807) is 53.1 Å². The Morgan fingerprint density at radius 2 is 1.75 bits per heavy atom. The van der Waals surface area contributed by atoms with Crippen LogP contribution in [0.5, 0.6) is 5.75 Å². The molecular weight excluding hydrogens is 411 g/mol. The highest BCUT2D eigenvalue weighted by atomic mass is 19.1. The number of methoxy groups -OCH3 is 1. The zero-order valence-electron chi connectivity index (χ0n) is 17.2. The summed E-state index contributed by atoms with van der Waals surface area (Å²) in [5, 5.41) is 3.10. The fourth-order valence-corrected chi connectivity index (χ4v) is 3.45. The van der Waals surface area contributed by atoms with Crippen LogP contribution in [0.15, 0.2) is 83.8 Å². The summed E-state index contributed by atoms with van der Waals surface area (Å²) >= 11 is 0. The van der Waals surface area contributed by atoms with E-state index < -0.39 is 17.0 Å². The first-order valence-corrected chi connectivity index (χ1v) is 9.82. The van der Waals surface area contributed by atoms with Crippen LogP contribution >= 0.6 is 0 Å². The summed E-state index contributed by atoms with van der Waals surface area (Å²) in [6.07, 6.45) is 1.38. The van der Waals surface area contributed by atoms with Crippen LogP contribution in [0.1, 0.15) is 15.9 Å². The van der Waals surface area contributed by atoms with Gasteiger partial charge in [-0.2, -0.15) is 0 Å². The largest absolute Gasteiger partial charge is 0.497 e. The minimum atomic E-state index is -0.539. The van der Waals surface area contributed by atoms with E-state index in [1.807, 2.05) is 0 Å². The maximum absolute atomic E-state index is 13.2. The quantitative estimate of drug-likeness (QED) is 0.469. The number of rotatable bonds is 6. The molecule has 1 aromatic heterocycles. The Bertz CT molecular complexity index is 1380. The number of carbonyl (C=O) groups excluding carboxylic acids is 2. The van der Waals surface area contributed by atoms with Crippen LogP contribution < -0.4 is 15.5 Å². The molecule has 0 fully saturated rings. The maximum Gasteiger partial charge on any atom is 0.244 e. The molecule has 0 bridgehead atoms. The third kappa shape index (κ3) is 4.27. The minimum Gasteiger partial charge on any atom is -0.497 e. The zero-order chi connectivity index (χ0) is 22.7.